The molecule has 0 aliphatic carbocycles. The first-order valence-electron chi connectivity index (χ1n) is 6.38. The molecule has 0 amide bonds. The fourth-order valence-electron chi connectivity index (χ4n) is 2.20. The van der Waals surface area contributed by atoms with Crippen LogP contribution in [-0.4, -0.2) is 10.2 Å². The first-order valence-corrected chi connectivity index (χ1v) is 14.2. The topological polar surface area (TPSA) is 70.7 Å². The molecule has 3 rings (SSSR count). The van der Waals surface area contributed by atoms with Crippen molar-refractivity contribution < 1.29 is 31.9 Å². The molecule has 0 saturated heterocycles. The van der Waals surface area contributed by atoms with Crippen molar-refractivity contribution in [3.63, 3.8) is 0 Å². The van der Waals surface area contributed by atoms with E-state index < -0.39 is 5.75 Å². The number of halogens is 2. The van der Waals surface area contributed by atoms with E-state index in [-0.39, 0.29) is 39.4 Å². The molecule has 114 valence electrons. The first-order chi connectivity index (χ1) is 10.6. The Balaban J connectivity index is 2.22. The van der Waals surface area contributed by atoms with E-state index in [1.165, 1.54) is 23.8 Å². The van der Waals surface area contributed by atoms with E-state index in [4.69, 9.17) is 4.42 Å². The van der Waals surface area contributed by atoms with Crippen molar-refractivity contribution >= 4 is 29.6 Å². The van der Waals surface area contributed by atoms with Crippen molar-refractivity contribution in [2.75, 3.05) is 0 Å². The minimum atomic E-state index is -0.411. The van der Waals surface area contributed by atoms with Gasteiger partial charge in [0.05, 0.1) is 0 Å². The van der Waals surface area contributed by atoms with Crippen LogP contribution in [0, 0.1) is 0 Å². The minimum absolute atomic E-state index is 0.00854. The number of alkyl halides is 1. The molecule has 2 aromatic carbocycles. The van der Waals surface area contributed by atoms with Crippen LogP contribution in [0.2, 0.25) is 0 Å². The van der Waals surface area contributed by atoms with E-state index in [2.05, 4.69) is 18.6 Å². The molecule has 6 heteroatoms. The van der Waals surface area contributed by atoms with Gasteiger partial charge in [-0.05, 0) is 0 Å². The predicted octanol–water partition coefficient (Wildman–Crippen LogP) is 0.810. The van der Waals surface area contributed by atoms with Gasteiger partial charge < -0.3 is 0 Å². The van der Waals surface area contributed by atoms with Gasteiger partial charge in [0.2, 0.25) is 0 Å². The molecule has 0 radical (unpaired) electrons. The molecule has 22 heavy (non-hydrogen) atoms. The standard InChI is InChI=1S/C16H11I2O4/c17-18-8-9-2-1-3-10(6-9)14-7-13(20)11-4-5-12(19)15(21)16(11)22-14/h1-7,19,21H,8H2/q-1. The van der Waals surface area contributed by atoms with Crippen molar-refractivity contribution in [1.82, 2.24) is 0 Å². The van der Waals surface area contributed by atoms with Crippen LogP contribution in [-0.2, 0) is 4.43 Å². The number of phenolic OH excluding ortho intramolecular Hbond substituents is 2. The summed E-state index contributed by atoms with van der Waals surface area (Å²) in [6, 6.07) is 12.0. The number of hydrogen-bond acceptors (Lipinski definition) is 4. The third kappa shape index (κ3) is 2.94. The number of phenols is 2. The Morgan fingerprint density at radius 3 is 2.73 bits per heavy atom. The molecule has 0 spiro atoms. The van der Waals surface area contributed by atoms with Crippen LogP contribution >= 0.6 is 18.6 Å². The molecule has 4 nitrogen and oxygen atoms in total. The Morgan fingerprint density at radius 2 is 1.95 bits per heavy atom. The Kier molecular flexibility index (Phi) is 4.57. The summed E-state index contributed by atoms with van der Waals surface area (Å²) in [7, 11) is 0. The summed E-state index contributed by atoms with van der Waals surface area (Å²) in [5.41, 5.74) is 1.74. The van der Waals surface area contributed by atoms with Gasteiger partial charge in [-0.25, -0.2) is 0 Å². The second-order valence-corrected chi connectivity index (χ2v) is 9.93. The maximum atomic E-state index is 12.2. The maximum absolute atomic E-state index is 12.2. The predicted molar refractivity (Wildman–Crippen MR) is 89.0 cm³/mol. The molecule has 2 N–H and O–H groups in total. The summed E-state index contributed by atoms with van der Waals surface area (Å²) < 4.78 is 6.71. The SMILES string of the molecule is O=c1cc(-c2cccc(C[I-]I)c2)oc2c(O)c(O)ccc12. The normalized spacial score (nSPS) is 11.1. The molecule has 1 aromatic heterocycles. The van der Waals surface area contributed by atoms with Crippen LogP contribution in [0.4, 0.5) is 0 Å². The van der Waals surface area contributed by atoms with Gasteiger partial charge >= 0.3 is 147 Å². The summed E-state index contributed by atoms with van der Waals surface area (Å²) in [5.74, 6) is -0.339. The molecule has 0 bridgehead atoms. The number of aromatic hydroxyl groups is 2. The average Bonchev–Trinajstić information content (AvgIpc) is 2.52. The second-order valence-electron chi connectivity index (χ2n) is 4.72. The van der Waals surface area contributed by atoms with Gasteiger partial charge in [0.15, 0.2) is 0 Å². The summed E-state index contributed by atoms with van der Waals surface area (Å²) >= 11 is 2.52. The summed E-state index contributed by atoms with van der Waals surface area (Å²) in [6.07, 6.45) is 0. The molecule has 1 heterocycles. The van der Waals surface area contributed by atoms with Gasteiger partial charge in [-0.15, -0.1) is 0 Å². The van der Waals surface area contributed by atoms with Crippen LogP contribution in [0.1, 0.15) is 5.56 Å². The van der Waals surface area contributed by atoms with Crippen molar-refractivity contribution in [2.45, 2.75) is 4.43 Å². The van der Waals surface area contributed by atoms with Crippen molar-refractivity contribution in [1.29, 1.82) is 0 Å². The third-order valence-electron chi connectivity index (χ3n) is 3.27. The first kappa shape index (κ1) is 15.6. The second kappa shape index (κ2) is 6.45. The summed E-state index contributed by atoms with van der Waals surface area (Å²) in [5, 5.41) is 19.7. The fourth-order valence-corrected chi connectivity index (χ4v) is 5.24. The van der Waals surface area contributed by atoms with Gasteiger partial charge in [0, 0.05) is 0 Å². The van der Waals surface area contributed by atoms with Gasteiger partial charge in [-0.2, -0.15) is 0 Å². The van der Waals surface area contributed by atoms with E-state index >= 15 is 0 Å². The Labute approximate surface area is 146 Å². The number of hydrogen-bond donors (Lipinski definition) is 2. The van der Waals surface area contributed by atoms with Gasteiger partial charge in [0.1, 0.15) is 0 Å². The van der Waals surface area contributed by atoms with Crippen LogP contribution in [0.15, 0.2) is 51.7 Å². The molecular weight excluding hydrogens is 510 g/mol. The van der Waals surface area contributed by atoms with Crippen LogP contribution in [0.3, 0.4) is 0 Å². The zero-order chi connectivity index (χ0) is 15.7. The molecular formula is C16H11I2O4-. The fraction of sp³-hybridized carbons (Fsp3) is 0.0625. The van der Waals surface area contributed by atoms with E-state index in [9.17, 15) is 15.0 Å². The molecule has 0 aliphatic heterocycles. The molecule has 0 atom stereocenters. The van der Waals surface area contributed by atoms with E-state index in [0.29, 0.717) is 5.76 Å². The molecule has 0 aliphatic rings. The number of benzene rings is 2. The van der Waals surface area contributed by atoms with Crippen molar-refractivity contribution in [2.24, 2.45) is 0 Å². The van der Waals surface area contributed by atoms with Gasteiger partial charge in [0.25, 0.3) is 0 Å². The van der Waals surface area contributed by atoms with Gasteiger partial charge in [-0.3, -0.25) is 0 Å². The van der Waals surface area contributed by atoms with Gasteiger partial charge in [-0.1, -0.05) is 0 Å². The molecule has 0 fully saturated rings. The van der Waals surface area contributed by atoms with Crippen molar-refractivity contribution in [3.8, 4) is 22.8 Å². The zero-order valence-corrected chi connectivity index (χ0v) is 15.5. The third-order valence-corrected chi connectivity index (χ3v) is 6.37. The monoisotopic (exact) mass is 521 g/mol. The zero-order valence-electron chi connectivity index (χ0n) is 11.2. The summed E-state index contributed by atoms with van der Waals surface area (Å²) in [4.78, 5) is 12.2. The Hall–Kier alpha value is -1.29. The molecule has 3 aromatic rings. The van der Waals surface area contributed by atoms with Crippen molar-refractivity contribution in [3.05, 3.63) is 58.3 Å². The van der Waals surface area contributed by atoms with Crippen LogP contribution < -0.4 is 22.7 Å². The Morgan fingerprint density at radius 1 is 1.14 bits per heavy atom. The quantitative estimate of drug-likeness (QED) is 0.305. The molecule has 0 unspecified atom stereocenters. The van der Waals surface area contributed by atoms with Crippen LogP contribution in [0.25, 0.3) is 22.3 Å². The number of fused-ring (bicyclic) bond motifs is 1. The van der Waals surface area contributed by atoms with E-state index in [1.807, 2.05) is 24.3 Å². The van der Waals surface area contributed by atoms with Crippen LogP contribution in [0.5, 0.6) is 11.5 Å². The summed E-state index contributed by atoms with van der Waals surface area (Å²) in [6.45, 7) is 0. The Bertz CT molecular complexity index is 902. The number of rotatable bonds is 3. The van der Waals surface area contributed by atoms with E-state index in [0.717, 1.165) is 9.99 Å². The average molecular weight is 521 g/mol. The molecule has 0 saturated carbocycles. The van der Waals surface area contributed by atoms with E-state index in [1.54, 1.807) is 0 Å².